The highest BCUT2D eigenvalue weighted by atomic mass is 35.5. The number of furan rings is 1. The first-order valence-electron chi connectivity index (χ1n) is 7.83. The molecule has 0 radical (unpaired) electrons. The van der Waals surface area contributed by atoms with E-state index in [0.717, 1.165) is 0 Å². The highest BCUT2D eigenvalue weighted by Crippen LogP contribution is 2.26. The number of halogens is 2. The van der Waals surface area contributed by atoms with Crippen molar-refractivity contribution in [1.29, 1.82) is 0 Å². The Morgan fingerprint density at radius 1 is 1.28 bits per heavy atom. The van der Waals surface area contributed by atoms with Gasteiger partial charge in [-0.2, -0.15) is 0 Å². The van der Waals surface area contributed by atoms with Gasteiger partial charge in [-0.3, -0.25) is 4.79 Å². The van der Waals surface area contributed by atoms with Crippen LogP contribution in [0, 0.1) is 12.7 Å². The van der Waals surface area contributed by atoms with E-state index in [9.17, 15) is 9.18 Å². The van der Waals surface area contributed by atoms with Gasteiger partial charge in [0, 0.05) is 16.0 Å². The van der Waals surface area contributed by atoms with E-state index in [2.05, 4.69) is 5.32 Å². The van der Waals surface area contributed by atoms with Crippen molar-refractivity contribution in [3.05, 3.63) is 64.6 Å². The van der Waals surface area contributed by atoms with Crippen LogP contribution in [0.1, 0.15) is 23.0 Å². The van der Waals surface area contributed by atoms with Gasteiger partial charge in [0.15, 0.2) is 5.76 Å². The monoisotopic (exact) mass is 361 g/mol. The van der Waals surface area contributed by atoms with E-state index in [1.165, 1.54) is 18.2 Å². The number of carbonyl (C=O) groups excluding carboxylic acids is 1. The zero-order valence-electron chi connectivity index (χ0n) is 13.8. The fourth-order valence-electron chi connectivity index (χ4n) is 2.51. The number of carbonyl (C=O) groups is 1. The number of hydrogen-bond donors (Lipinski definition) is 1. The van der Waals surface area contributed by atoms with Crippen molar-refractivity contribution in [3.63, 3.8) is 0 Å². The lowest BCUT2D eigenvalue weighted by atomic mass is 10.1. The van der Waals surface area contributed by atoms with Crippen LogP contribution < -0.4 is 10.1 Å². The minimum Gasteiger partial charge on any atom is -0.489 e. The predicted octanol–water partition coefficient (Wildman–Crippen LogP) is 4.73. The lowest BCUT2D eigenvalue weighted by Crippen LogP contribution is -2.33. The molecule has 2 aromatic carbocycles. The van der Waals surface area contributed by atoms with Crippen LogP contribution in [-0.4, -0.2) is 18.6 Å². The Labute approximate surface area is 149 Å². The van der Waals surface area contributed by atoms with E-state index in [1.807, 2.05) is 6.92 Å². The Morgan fingerprint density at radius 2 is 2.00 bits per heavy atom. The Morgan fingerprint density at radius 3 is 2.72 bits per heavy atom. The third-order valence-electron chi connectivity index (χ3n) is 3.81. The molecule has 0 aliphatic rings. The zero-order chi connectivity index (χ0) is 18.0. The summed E-state index contributed by atoms with van der Waals surface area (Å²) in [6.07, 6.45) is -0.243. The molecule has 6 heteroatoms. The summed E-state index contributed by atoms with van der Waals surface area (Å²) in [5.41, 5.74) is 1.09. The fraction of sp³-hybridized carbons (Fsp3) is 0.211. The van der Waals surface area contributed by atoms with E-state index in [1.54, 1.807) is 31.2 Å². The molecule has 0 aliphatic carbocycles. The third-order valence-corrected chi connectivity index (χ3v) is 4.06. The summed E-state index contributed by atoms with van der Waals surface area (Å²) in [4.78, 5) is 12.3. The molecule has 0 spiro atoms. The molecule has 130 valence electrons. The van der Waals surface area contributed by atoms with Gasteiger partial charge in [-0.05, 0) is 56.3 Å². The molecule has 0 saturated carbocycles. The number of benzene rings is 2. The van der Waals surface area contributed by atoms with Crippen LogP contribution in [-0.2, 0) is 0 Å². The van der Waals surface area contributed by atoms with Gasteiger partial charge >= 0.3 is 0 Å². The molecule has 0 bridgehead atoms. The molecule has 0 saturated heterocycles. The third kappa shape index (κ3) is 3.94. The predicted molar refractivity (Wildman–Crippen MR) is 94.8 cm³/mol. The van der Waals surface area contributed by atoms with Crippen molar-refractivity contribution in [2.24, 2.45) is 0 Å². The molecule has 1 unspecified atom stereocenters. The van der Waals surface area contributed by atoms with E-state index in [-0.39, 0.29) is 23.6 Å². The van der Waals surface area contributed by atoms with E-state index >= 15 is 0 Å². The van der Waals surface area contributed by atoms with E-state index in [0.29, 0.717) is 33.8 Å². The van der Waals surface area contributed by atoms with Gasteiger partial charge in [0.25, 0.3) is 5.91 Å². The summed E-state index contributed by atoms with van der Waals surface area (Å²) >= 11 is 5.83. The molecule has 1 atom stereocenters. The molecule has 1 amide bonds. The van der Waals surface area contributed by atoms with Crippen LogP contribution in [0.3, 0.4) is 0 Å². The number of nitrogens with one attached hydrogen (secondary N) is 1. The smallest absolute Gasteiger partial charge is 0.287 e. The first kappa shape index (κ1) is 17.3. The number of rotatable bonds is 5. The lowest BCUT2D eigenvalue weighted by Gasteiger charge is -2.15. The van der Waals surface area contributed by atoms with Gasteiger partial charge in [0.1, 0.15) is 23.3 Å². The molecule has 4 nitrogen and oxygen atoms in total. The Balaban J connectivity index is 1.64. The maximum absolute atomic E-state index is 13.3. The second kappa shape index (κ2) is 7.15. The van der Waals surface area contributed by atoms with Gasteiger partial charge in [-0.1, -0.05) is 11.6 Å². The number of ether oxygens (including phenoxy) is 1. The number of aryl methyl sites for hydroxylation is 1. The van der Waals surface area contributed by atoms with Crippen LogP contribution >= 0.6 is 11.6 Å². The Hall–Kier alpha value is -2.53. The largest absolute Gasteiger partial charge is 0.489 e. The average Bonchev–Trinajstić information content (AvgIpc) is 2.91. The van der Waals surface area contributed by atoms with Crippen LogP contribution in [0.5, 0.6) is 5.75 Å². The van der Waals surface area contributed by atoms with Crippen molar-refractivity contribution < 1.29 is 18.3 Å². The van der Waals surface area contributed by atoms with Crippen molar-refractivity contribution in [2.75, 3.05) is 6.54 Å². The van der Waals surface area contributed by atoms with Crippen LogP contribution in [0.15, 0.2) is 46.9 Å². The van der Waals surface area contributed by atoms with Gasteiger partial charge in [-0.25, -0.2) is 4.39 Å². The molecule has 0 aliphatic heterocycles. The highest BCUT2D eigenvalue weighted by Gasteiger charge is 2.18. The molecular formula is C19H17ClFNO3. The standard InChI is InChI=1S/C19H17ClFNO3/c1-11(24-15-6-3-13(20)4-7-15)10-22-19(23)18-12(2)16-9-14(21)5-8-17(16)25-18/h3-9,11H,10H2,1-2H3,(H,22,23). The minimum absolute atomic E-state index is 0.180. The van der Waals surface area contributed by atoms with Crippen molar-refractivity contribution >= 4 is 28.5 Å². The second-order valence-corrected chi connectivity index (χ2v) is 6.23. The van der Waals surface area contributed by atoms with Crippen LogP contribution in [0.4, 0.5) is 4.39 Å². The van der Waals surface area contributed by atoms with E-state index in [4.69, 9.17) is 20.8 Å². The summed E-state index contributed by atoms with van der Waals surface area (Å²) in [7, 11) is 0. The highest BCUT2D eigenvalue weighted by molar-refractivity contribution is 6.30. The summed E-state index contributed by atoms with van der Waals surface area (Å²) in [6, 6.07) is 11.2. The van der Waals surface area contributed by atoms with Gasteiger partial charge in [0.05, 0.1) is 6.54 Å². The number of hydrogen-bond acceptors (Lipinski definition) is 3. The van der Waals surface area contributed by atoms with E-state index < -0.39 is 0 Å². The van der Waals surface area contributed by atoms with Crippen LogP contribution in [0.25, 0.3) is 11.0 Å². The number of amides is 1. The minimum atomic E-state index is -0.367. The molecule has 0 fully saturated rings. The van der Waals surface area contributed by atoms with Gasteiger partial charge in [-0.15, -0.1) is 0 Å². The van der Waals surface area contributed by atoms with Gasteiger partial charge < -0.3 is 14.5 Å². The normalized spacial score (nSPS) is 12.2. The molecule has 1 heterocycles. The first-order valence-corrected chi connectivity index (χ1v) is 8.21. The first-order chi connectivity index (χ1) is 11.9. The quantitative estimate of drug-likeness (QED) is 0.714. The number of fused-ring (bicyclic) bond motifs is 1. The maximum atomic E-state index is 13.3. The Kier molecular flexibility index (Phi) is 4.95. The fourth-order valence-corrected chi connectivity index (χ4v) is 2.64. The van der Waals surface area contributed by atoms with Crippen molar-refractivity contribution in [2.45, 2.75) is 20.0 Å². The van der Waals surface area contributed by atoms with Crippen molar-refractivity contribution in [1.82, 2.24) is 5.32 Å². The van der Waals surface area contributed by atoms with Crippen LogP contribution in [0.2, 0.25) is 5.02 Å². The molecular weight excluding hydrogens is 345 g/mol. The molecule has 1 aromatic heterocycles. The topological polar surface area (TPSA) is 51.5 Å². The van der Waals surface area contributed by atoms with Crippen molar-refractivity contribution in [3.8, 4) is 5.75 Å². The summed E-state index contributed by atoms with van der Waals surface area (Å²) < 4.78 is 24.6. The second-order valence-electron chi connectivity index (χ2n) is 5.79. The summed E-state index contributed by atoms with van der Waals surface area (Å²) in [6.45, 7) is 3.87. The SMILES string of the molecule is Cc1c(C(=O)NCC(C)Oc2ccc(Cl)cc2)oc2ccc(F)cc12. The average molecular weight is 362 g/mol. The summed E-state index contributed by atoms with van der Waals surface area (Å²) in [5, 5.41) is 3.99. The maximum Gasteiger partial charge on any atom is 0.287 e. The molecule has 1 N–H and O–H groups in total. The Bertz CT molecular complexity index is 905. The molecule has 3 aromatic rings. The molecule has 3 rings (SSSR count). The lowest BCUT2D eigenvalue weighted by molar-refractivity contribution is 0.0906. The zero-order valence-corrected chi connectivity index (χ0v) is 14.6. The molecule has 25 heavy (non-hydrogen) atoms. The van der Waals surface area contributed by atoms with Gasteiger partial charge in [0.2, 0.25) is 0 Å². The summed E-state index contributed by atoms with van der Waals surface area (Å²) in [5.74, 6) is 0.120.